The average molecular weight is 568 g/mol. The van der Waals surface area contributed by atoms with Crippen molar-refractivity contribution in [2.75, 3.05) is 16.9 Å². The molecule has 14 heteroatoms. The van der Waals surface area contributed by atoms with E-state index < -0.39 is 22.1 Å². The van der Waals surface area contributed by atoms with Gasteiger partial charge < -0.3 is 15.6 Å². The number of nitrogens with zero attached hydrogens (tertiary/aromatic N) is 6. The third-order valence-electron chi connectivity index (χ3n) is 6.35. The predicted molar refractivity (Wildman–Crippen MR) is 148 cm³/mol. The molecule has 0 saturated heterocycles. The first-order chi connectivity index (χ1) is 18.8. The SMILES string of the molecule is Cc1cc(Nc2cc(Nc3ccc(-c4c(C)nn(C)c4C)cc3S(C)(=O)=O)c3nc(C(F)F)[nH]c3n2)nc(C)n1. The van der Waals surface area contributed by atoms with E-state index >= 15 is 0 Å². The largest absolute Gasteiger partial charge is 0.352 e. The molecule has 3 N–H and O–H groups in total. The minimum atomic E-state index is -3.72. The number of rotatable bonds is 7. The highest BCUT2D eigenvalue weighted by molar-refractivity contribution is 7.90. The third-order valence-corrected chi connectivity index (χ3v) is 7.49. The van der Waals surface area contributed by atoms with E-state index in [-0.39, 0.29) is 33.3 Å². The van der Waals surface area contributed by atoms with E-state index in [0.29, 0.717) is 17.2 Å². The van der Waals surface area contributed by atoms with Crippen LogP contribution in [0, 0.1) is 27.7 Å². The van der Waals surface area contributed by atoms with Gasteiger partial charge in [0.05, 0.1) is 22.0 Å². The lowest BCUT2D eigenvalue weighted by Crippen LogP contribution is -2.05. The topological polar surface area (TPSA) is 143 Å². The van der Waals surface area contributed by atoms with Crippen molar-refractivity contribution in [1.29, 1.82) is 0 Å². The zero-order chi connectivity index (χ0) is 28.9. The summed E-state index contributed by atoms with van der Waals surface area (Å²) in [4.78, 5) is 19.6. The van der Waals surface area contributed by atoms with Crippen LogP contribution in [0.3, 0.4) is 0 Å². The number of imidazole rings is 1. The van der Waals surface area contributed by atoms with Gasteiger partial charge in [-0.15, -0.1) is 0 Å². The number of alkyl halides is 2. The highest BCUT2D eigenvalue weighted by Crippen LogP contribution is 2.36. The van der Waals surface area contributed by atoms with Crippen LogP contribution in [-0.2, 0) is 16.9 Å². The van der Waals surface area contributed by atoms with Crippen LogP contribution in [-0.4, -0.2) is 49.4 Å². The predicted octanol–water partition coefficient (Wildman–Crippen LogP) is 5.21. The fraction of sp³-hybridized carbons (Fsp3) is 0.269. The summed E-state index contributed by atoms with van der Waals surface area (Å²) in [5.41, 5.74) is 4.62. The first kappa shape index (κ1) is 27.1. The van der Waals surface area contributed by atoms with Gasteiger partial charge in [0, 0.05) is 42.4 Å². The maximum absolute atomic E-state index is 13.5. The lowest BCUT2D eigenvalue weighted by atomic mass is 10.0. The van der Waals surface area contributed by atoms with Crippen LogP contribution in [0.5, 0.6) is 0 Å². The van der Waals surface area contributed by atoms with Gasteiger partial charge in [-0.25, -0.2) is 37.1 Å². The minimum absolute atomic E-state index is 0.0267. The molecule has 0 fully saturated rings. The molecule has 0 bridgehead atoms. The van der Waals surface area contributed by atoms with Crippen LogP contribution in [0.1, 0.15) is 35.2 Å². The summed E-state index contributed by atoms with van der Waals surface area (Å²) < 4.78 is 54.6. The third kappa shape index (κ3) is 5.21. The van der Waals surface area contributed by atoms with Crippen molar-refractivity contribution < 1.29 is 17.2 Å². The van der Waals surface area contributed by atoms with Crippen LogP contribution >= 0.6 is 0 Å². The Morgan fingerprint density at radius 1 is 0.925 bits per heavy atom. The van der Waals surface area contributed by atoms with Crippen LogP contribution in [0.2, 0.25) is 0 Å². The Balaban J connectivity index is 1.63. The zero-order valence-electron chi connectivity index (χ0n) is 22.6. The number of hydrogen-bond acceptors (Lipinski definition) is 9. The number of H-pyrrole nitrogens is 1. The van der Waals surface area contributed by atoms with E-state index in [4.69, 9.17) is 0 Å². The molecule has 5 rings (SSSR count). The summed E-state index contributed by atoms with van der Waals surface area (Å²) in [6.07, 6.45) is -1.75. The minimum Gasteiger partial charge on any atom is -0.352 e. The molecule has 0 saturated carbocycles. The molecule has 0 amide bonds. The van der Waals surface area contributed by atoms with Crippen molar-refractivity contribution in [2.45, 2.75) is 39.0 Å². The summed E-state index contributed by atoms with van der Waals surface area (Å²) in [6.45, 7) is 7.33. The van der Waals surface area contributed by atoms with Crippen LogP contribution in [0.25, 0.3) is 22.3 Å². The van der Waals surface area contributed by atoms with E-state index in [0.717, 1.165) is 28.9 Å². The number of nitrogens with one attached hydrogen (secondary N) is 3. The van der Waals surface area contributed by atoms with E-state index in [1.807, 2.05) is 27.8 Å². The van der Waals surface area contributed by atoms with Gasteiger partial charge in [-0.3, -0.25) is 4.68 Å². The number of sulfone groups is 1. The number of aromatic amines is 1. The van der Waals surface area contributed by atoms with Crippen molar-refractivity contribution >= 4 is 44.0 Å². The first-order valence-electron chi connectivity index (χ1n) is 12.2. The molecular weight excluding hydrogens is 540 g/mol. The molecule has 5 aromatic rings. The van der Waals surface area contributed by atoms with Crippen LogP contribution in [0.15, 0.2) is 35.2 Å². The van der Waals surface area contributed by atoms with E-state index in [1.54, 1.807) is 41.9 Å². The summed E-state index contributed by atoms with van der Waals surface area (Å²) >= 11 is 0. The van der Waals surface area contributed by atoms with E-state index in [1.165, 1.54) is 0 Å². The monoisotopic (exact) mass is 567 g/mol. The first-order valence-corrected chi connectivity index (χ1v) is 14.1. The van der Waals surface area contributed by atoms with Crippen molar-refractivity contribution in [3.63, 3.8) is 0 Å². The van der Waals surface area contributed by atoms with Crippen molar-refractivity contribution in [2.24, 2.45) is 7.05 Å². The number of halogens is 2. The van der Waals surface area contributed by atoms with E-state index in [2.05, 4.69) is 40.7 Å². The smallest absolute Gasteiger partial charge is 0.295 e. The van der Waals surface area contributed by atoms with Gasteiger partial charge in [0.25, 0.3) is 6.43 Å². The number of fused-ring (bicyclic) bond motifs is 1. The molecule has 0 aliphatic carbocycles. The van der Waals surface area contributed by atoms with Crippen LogP contribution < -0.4 is 10.6 Å². The molecule has 0 spiro atoms. The number of hydrogen-bond donors (Lipinski definition) is 3. The maximum Gasteiger partial charge on any atom is 0.295 e. The molecule has 40 heavy (non-hydrogen) atoms. The summed E-state index contributed by atoms with van der Waals surface area (Å²) in [6, 6.07) is 8.27. The second kappa shape index (κ2) is 9.93. The molecule has 0 atom stereocenters. The van der Waals surface area contributed by atoms with Crippen LogP contribution in [0.4, 0.5) is 31.8 Å². The van der Waals surface area contributed by atoms with Gasteiger partial charge in [0.15, 0.2) is 21.3 Å². The normalized spacial score (nSPS) is 11.9. The van der Waals surface area contributed by atoms with Gasteiger partial charge in [-0.05, 0) is 45.4 Å². The van der Waals surface area contributed by atoms with Gasteiger partial charge >= 0.3 is 0 Å². The molecule has 208 valence electrons. The Morgan fingerprint density at radius 3 is 2.27 bits per heavy atom. The summed E-state index contributed by atoms with van der Waals surface area (Å²) in [5, 5.41) is 10.6. The molecule has 0 radical (unpaired) electrons. The fourth-order valence-corrected chi connectivity index (χ4v) is 5.47. The Labute approximate surface area is 229 Å². The molecule has 0 unspecified atom stereocenters. The van der Waals surface area contributed by atoms with Gasteiger partial charge in [0.2, 0.25) is 0 Å². The summed E-state index contributed by atoms with van der Waals surface area (Å²) in [5.74, 6) is 0.717. The second-order valence-corrected chi connectivity index (χ2v) is 11.5. The summed E-state index contributed by atoms with van der Waals surface area (Å²) in [7, 11) is -1.90. The fourth-order valence-electron chi connectivity index (χ4n) is 4.61. The molecule has 4 heterocycles. The second-order valence-electron chi connectivity index (χ2n) is 9.52. The average Bonchev–Trinajstić information content (AvgIpc) is 3.38. The Bertz CT molecular complexity index is 1860. The number of aromatic nitrogens is 7. The number of aryl methyl sites for hydroxylation is 4. The number of anilines is 4. The van der Waals surface area contributed by atoms with Crippen molar-refractivity contribution in [3.05, 3.63) is 59.1 Å². The molecule has 1 aromatic carbocycles. The highest BCUT2D eigenvalue weighted by atomic mass is 32.2. The number of benzene rings is 1. The van der Waals surface area contributed by atoms with Gasteiger partial charge in [-0.1, -0.05) is 6.07 Å². The molecule has 0 aliphatic rings. The van der Waals surface area contributed by atoms with Crippen molar-refractivity contribution in [3.8, 4) is 11.1 Å². The Hall–Kier alpha value is -4.46. The lowest BCUT2D eigenvalue weighted by Gasteiger charge is -2.15. The van der Waals surface area contributed by atoms with E-state index in [9.17, 15) is 17.2 Å². The van der Waals surface area contributed by atoms with Crippen molar-refractivity contribution in [1.82, 2.24) is 34.7 Å². The van der Waals surface area contributed by atoms with Gasteiger partial charge in [-0.2, -0.15) is 5.10 Å². The Morgan fingerprint density at radius 2 is 1.65 bits per heavy atom. The standard InChI is InChI=1S/C26H27F2N9O2S/c1-12-9-20(30-15(4)29-12)32-21-11-18(23-25(33-21)35-26(34-23)24(27)28)31-17-8-7-16(10-19(17)40(6,38)39)22-13(2)36-37(5)14(22)3/h7-11,24H,1-6H3,(H3,29,30,31,32,33,34,35). The highest BCUT2D eigenvalue weighted by Gasteiger charge is 2.21. The molecule has 11 nitrogen and oxygen atoms in total. The molecule has 0 aliphatic heterocycles. The molecule has 4 aromatic heterocycles. The quantitative estimate of drug-likeness (QED) is 0.241. The number of pyridine rings is 1. The lowest BCUT2D eigenvalue weighted by molar-refractivity contribution is 0.142. The zero-order valence-corrected chi connectivity index (χ0v) is 23.4. The molecular formula is C26H27F2N9O2S. The maximum atomic E-state index is 13.5. The van der Waals surface area contributed by atoms with Gasteiger partial charge in [0.1, 0.15) is 23.0 Å². The Kier molecular flexibility index (Phi) is 6.74.